The van der Waals surface area contributed by atoms with E-state index in [1.807, 2.05) is 0 Å². The first-order chi connectivity index (χ1) is 8.52. The smallest absolute Gasteiger partial charge is 0.254 e. The summed E-state index contributed by atoms with van der Waals surface area (Å²) in [7, 11) is -2.98. The summed E-state index contributed by atoms with van der Waals surface area (Å²) in [6.07, 6.45) is 1.48. The highest BCUT2D eigenvalue weighted by Gasteiger charge is 2.25. The lowest BCUT2D eigenvalue weighted by atomic mass is 10.2. The Balaban J connectivity index is 2.12. The van der Waals surface area contributed by atoms with Gasteiger partial charge in [0.05, 0.1) is 11.5 Å². The molecule has 0 radical (unpaired) electrons. The average molecular weight is 270 g/mol. The van der Waals surface area contributed by atoms with E-state index in [1.165, 1.54) is 17.2 Å². The van der Waals surface area contributed by atoms with Crippen LogP contribution in [0.5, 0.6) is 0 Å². The second-order valence-corrected chi connectivity index (χ2v) is 6.32. The number of nitrogens with one attached hydrogen (secondary N) is 1. The minimum atomic E-state index is -2.98. The fourth-order valence-electron chi connectivity index (χ4n) is 1.74. The Morgan fingerprint density at radius 2 is 2.06 bits per heavy atom. The van der Waals surface area contributed by atoms with Crippen LogP contribution in [0.4, 0.5) is 5.82 Å². The Kier molecular flexibility index (Phi) is 3.48. The summed E-state index contributed by atoms with van der Waals surface area (Å²) >= 11 is 0. The molecular formula is C10H14N4O3S. The number of nitrogen functional groups attached to an aromatic ring is 1. The van der Waals surface area contributed by atoms with Gasteiger partial charge >= 0.3 is 0 Å². The maximum absolute atomic E-state index is 12.1. The third-order valence-electron chi connectivity index (χ3n) is 2.79. The van der Waals surface area contributed by atoms with Crippen LogP contribution in [0.25, 0.3) is 0 Å². The normalized spacial score (nSPS) is 18.4. The predicted octanol–water partition coefficient (Wildman–Crippen LogP) is -0.762. The summed E-state index contributed by atoms with van der Waals surface area (Å²) in [6.45, 7) is 0.462. The van der Waals surface area contributed by atoms with Gasteiger partial charge in [0.25, 0.3) is 5.91 Å². The van der Waals surface area contributed by atoms with Gasteiger partial charge in [0.15, 0.2) is 9.84 Å². The minimum absolute atomic E-state index is 0.0197. The molecule has 2 heterocycles. The van der Waals surface area contributed by atoms with E-state index in [0.29, 0.717) is 11.4 Å². The monoisotopic (exact) mass is 270 g/mol. The molecule has 0 saturated carbocycles. The van der Waals surface area contributed by atoms with Gasteiger partial charge in [-0.15, -0.1) is 0 Å². The Bertz CT molecular complexity index is 544. The van der Waals surface area contributed by atoms with Crippen LogP contribution in [0.1, 0.15) is 10.4 Å². The average Bonchev–Trinajstić information content (AvgIpc) is 2.38. The van der Waals surface area contributed by atoms with Gasteiger partial charge in [-0.1, -0.05) is 0 Å². The molecule has 8 heteroatoms. The lowest BCUT2D eigenvalue weighted by Gasteiger charge is -2.26. The van der Waals surface area contributed by atoms with E-state index in [9.17, 15) is 13.2 Å². The quantitative estimate of drug-likeness (QED) is 0.540. The molecule has 7 nitrogen and oxygen atoms in total. The zero-order valence-electron chi connectivity index (χ0n) is 9.67. The number of carbonyl (C=O) groups is 1. The van der Waals surface area contributed by atoms with Gasteiger partial charge in [0.2, 0.25) is 0 Å². The van der Waals surface area contributed by atoms with Gasteiger partial charge in [-0.2, -0.15) is 0 Å². The van der Waals surface area contributed by atoms with Gasteiger partial charge in [0.1, 0.15) is 5.82 Å². The lowest BCUT2D eigenvalue weighted by Crippen LogP contribution is -2.43. The van der Waals surface area contributed by atoms with Crippen LogP contribution < -0.4 is 11.3 Å². The second-order valence-electron chi connectivity index (χ2n) is 4.02. The number of aromatic nitrogens is 1. The SMILES string of the molecule is NNc1cc(C(=O)N2CCS(=O)(=O)CC2)ccn1. The first-order valence-corrected chi connectivity index (χ1v) is 7.26. The van der Waals surface area contributed by atoms with Gasteiger partial charge in [-0.25, -0.2) is 19.2 Å². The summed E-state index contributed by atoms with van der Waals surface area (Å²) in [5.74, 6) is 5.44. The maximum Gasteiger partial charge on any atom is 0.254 e. The summed E-state index contributed by atoms with van der Waals surface area (Å²) in [6, 6.07) is 3.11. The molecule has 1 aromatic heterocycles. The van der Waals surface area contributed by atoms with Crippen molar-refractivity contribution in [2.75, 3.05) is 30.0 Å². The second kappa shape index (κ2) is 4.91. The van der Waals surface area contributed by atoms with Crippen LogP contribution in [-0.2, 0) is 9.84 Å². The number of hydrogen-bond donors (Lipinski definition) is 2. The highest BCUT2D eigenvalue weighted by molar-refractivity contribution is 7.91. The molecule has 0 aliphatic carbocycles. The van der Waals surface area contributed by atoms with E-state index in [-0.39, 0.29) is 30.5 Å². The molecule has 18 heavy (non-hydrogen) atoms. The van der Waals surface area contributed by atoms with Gasteiger partial charge in [-0.3, -0.25) is 4.79 Å². The number of rotatable bonds is 2. The molecule has 0 spiro atoms. The van der Waals surface area contributed by atoms with E-state index < -0.39 is 9.84 Å². The first kappa shape index (κ1) is 12.8. The summed E-state index contributed by atoms with van der Waals surface area (Å²) < 4.78 is 22.6. The van der Waals surface area contributed by atoms with Crippen molar-refractivity contribution >= 4 is 21.6 Å². The van der Waals surface area contributed by atoms with Crippen molar-refractivity contribution in [3.63, 3.8) is 0 Å². The molecule has 1 fully saturated rings. The fourth-order valence-corrected chi connectivity index (χ4v) is 2.94. The largest absolute Gasteiger partial charge is 0.337 e. The molecular weight excluding hydrogens is 256 g/mol. The number of hydrazine groups is 1. The van der Waals surface area contributed by atoms with Gasteiger partial charge < -0.3 is 10.3 Å². The molecule has 0 unspecified atom stereocenters. The van der Waals surface area contributed by atoms with Crippen molar-refractivity contribution in [3.8, 4) is 0 Å². The lowest BCUT2D eigenvalue weighted by molar-refractivity contribution is 0.0770. The van der Waals surface area contributed by atoms with Crippen LogP contribution in [0.15, 0.2) is 18.3 Å². The molecule has 1 aliphatic heterocycles. The minimum Gasteiger partial charge on any atom is -0.337 e. The van der Waals surface area contributed by atoms with Crippen molar-refractivity contribution < 1.29 is 13.2 Å². The summed E-state index contributed by atoms with van der Waals surface area (Å²) in [5.41, 5.74) is 2.80. The van der Waals surface area contributed by atoms with E-state index in [1.54, 1.807) is 6.07 Å². The van der Waals surface area contributed by atoms with Crippen molar-refractivity contribution in [2.24, 2.45) is 5.84 Å². The maximum atomic E-state index is 12.1. The van der Waals surface area contributed by atoms with Gasteiger partial charge in [0, 0.05) is 24.8 Å². The summed E-state index contributed by atoms with van der Waals surface area (Å²) in [5, 5.41) is 0. The number of sulfone groups is 1. The third-order valence-corrected chi connectivity index (χ3v) is 4.40. The van der Waals surface area contributed by atoms with E-state index in [0.717, 1.165) is 0 Å². The number of nitrogens with zero attached hydrogens (tertiary/aromatic N) is 2. The molecule has 1 aliphatic rings. The number of carbonyl (C=O) groups excluding carboxylic acids is 1. The molecule has 0 bridgehead atoms. The predicted molar refractivity (Wildman–Crippen MR) is 66.6 cm³/mol. The number of anilines is 1. The molecule has 98 valence electrons. The van der Waals surface area contributed by atoms with Crippen molar-refractivity contribution in [2.45, 2.75) is 0 Å². The number of hydrogen-bond acceptors (Lipinski definition) is 6. The Morgan fingerprint density at radius 3 is 2.67 bits per heavy atom. The van der Waals surface area contributed by atoms with Crippen LogP contribution >= 0.6 is 0 Å². The van der Waals surface area contributed by atoms with Gasteiger partial charge in [-0.05, 0) is 12.1 Å². The molecule has 2 rings (SSSR count). The summed E-state index contributed by atoms with van der Waals surface area (Å²) in [4.78, 5) is 17.5. The van der Waals surface area contributed by atoms with E-state index in [2.05, 4.69) is 10.4 Å². The topological polar surface area (TPSA) is 105 Å². The molecule has 0 aromatic carbocycles. The molecule has 0 atom stereocenters. The Labute approximate surface area is 105 Å². The van der Waals surface area contributed by atoms with Crippen molar-refractivity contribution in [3.05, 3.63) is 23.9 Å². The molecule has 3 N–H and O–H groups in total. The number of amides is 1. The molecule has 1 saturated heterocycles. The highest BCUT2D eigenvalue weighted by atomic mass is 32.2. The highest BCUT2D eigenvalue weighted by Crippen LogP contribution is 2.12. The fraction of sp³-hybridized carbons (Fsp3) is 0.400. The zero-order valence-corrected chi connectivity index (χ0v) is 10.5. The van der Waals surface area contributed by atoms with Crippen LogP contribution in [0.2, 0.25) is 0 Å². The van der Waals surface area contributed by atoms with Crippen LogP contribution in [-0.4, -0.2) is 48.8 Å². The third kappa shape index (κ3) is 2.77. The van der Waals surface area contributed by atoms with Crippen molar-refractivity contribution in [1.82, 2.24) is 9.88 Å². The molecule has 1 amide bonds. The number of nitrogens with two attached hydrogens (primary N) is 1. The standard InChI is InChI=1S/C10H14N4O3S/c11-13-9-7-8(1-2-12-9)10(15)14-3-5-18(16,17)6-4-14/h1-2,7H,3-6,11H2,(H,12,13). The zero-order chi connectivity index (χ0) is 13.2. The number of pyridine rings is 1. The van der Waals surface area contributed by atoms with Crippen LogP contribution in [0, 0.1) is 0 Å². The van der Waals surface area contributed by atoms with Crippen LogP contribution in [0.3, 0.4) is 0 Å². The first-order valence-electron chi connectivity index (χ1n) is 5.44. The van der Waals surface area contributed by atoms with E-state index in [4.69, 9.17) is 5.84 Å². The van der Waals surface area contributed by atoms with E-state index >= 15 is 0 Å². The molecule has 1 aromatic rings. The Morgan fingerprint density at radius 1 is 1.39 bits per heavy atom. The van der Waals surface area contributed by atoms with Crippen molar-refractivity contribution in [1.29, 1.82) is 0 Å². The Hall–Kier alpha value is -1.67.